The zero-order chi connectivity index (χ0) is 14.1. The number of hydrogen-bond acceptors (Lipinski definition) is 2. The van der Waals surface area contributed by atoms with Crippen LogP contribution in [-0.4, -0.2) is 17.2 Å². The molecule has 1 aromatic rings. The number of halogens is 6. The van der Waals surface area contributed by atoms with Crippen LogP contribution < -0.4 is 5.73 Å². The zero-order valence-corrected chi connectivity index (χ0v) is 9.28. The SMILES string of the molecule is CN.FC(F)c1[nH]nc2c1C(F)(F)CCC2(F)F. The highest BCUT2D eigenvalue weighted by molar-refractivity contribution is 5.36. The summed E-state index contributed by atoms with van der Waals surface area (Å²) in [6.07, 6.45) is -5.54. The van der Waals surface area contributed by atoms with Gasteiger partial charge in [-0.05, 0) is 7.05 Å². The van der Waals surface area contributed by atoms with Gasteiger partial charge in [0.05, 0.1) is 5.56 Å². The van der Waals surface area contributed by atoms with Crippen molar-refractivity contribution in [2.24, 2.45) is 5.73 Å². The molecule has 1 aliphatic carbocycles. The molecule has 2 rings (SSSR count). The van der Waals surface area contributed by atoms with Crippen molar-refractivity contribution in [2.45, 2.75) is 31.1 Å². The van der Waals surface area contributed by atoms with Crippen molar-refractivity contribution in [3.63, 3.8) is 0 Å². The molecule has 104 valence electrons. The van der Waals surface area contributed by atoms with Crippen LogP contribution in [0.2, 0.25) is 0 Å². The van der Waals surface area contributed by atoms with E-state index >= 15 is 0 Å². The van der Waals surface area contributed by atoms with Gasteiger partial charge in [0, 0.05) is 12.8 Å². The number of nitrogens with two attached hydrogens (primary N) is 1. The molecule has 1 aromatic heterocycles. The number of rotatable bonds is 1. The van der Waals surface area contributed by atoms with Gasteiger partial charge in [0.1, 0.15) is 11.4 Å². The number of H-pyrrole nitrogens is 1. The third-order valence-electron chi connectivity index (χ3n) is 2.48. The van der Waals surface area contributed by atoms with E-state index in [1.807, 2.05) is 0 Å². The van der Waals surface area contributed by atoms with Crippen LogP contribution in [0.3, 0.4) is 0 Å². The molecular weight excluding hydrogens is 264 g/mol. The van der Waals surface area contributed by atoms with Gasteiger partial charge in [-0.1, -0.05) is 0 Å². The number of alkyl halides is 6. The van der Waals surface area contributed by atoms with E-state index in [0.717, 1.165) is 0 Å². The minimum absolute atomic E-state index is 1.10. The molecule has 0 bridgehead atoms. The average Bonchev–Trinajstić information content (AvgIpc) is 2.74. The summed E-state index contributed by atoms with van der Waals surface area (Å²) < 4.78 is 77.5. The van der Waals surface area contributed by atoms with Crippen molar-refractivity contribution < 1.29 is 26.3 Å². The van der Waals surface area contributed by atoms with E-state index in [1.54, 1.807) is 5.10 Å². The minimum Gasteiger partial charge on any atom is -0.333 e. The highest BCUT2D eigenvalue weighted by Gasteiger charge is 2.53. The number of aromatic nitrogens is 2. The average molecular weight is 275 g/mol. The van der Waals surface area contributed by atoms with E-state index in [4.69, 9.17) is 0 Å². The lowest BCUT2D eigenvalue weighted by atomic mass is 9.89. The highest BCUT2D eigenvalue weighted by atomic mass is 19.3. The first kappa shape index (κ1) is 14.8. The molecule has 0 atom stereocenters. The summed E-state index contributed by atoms with van der Waals surface area (Å²) in [5.74, 6) is -7.27. The number of hydrogen-bond donors (Lipinski definition) is 2. The smallest absolute Gasteiger partial charge is 0.292 e. The molecule has 3 N–H and O–H groups in total. The molecule has 0 spiro atoms. The van der Waals surface area contributed by atoms with E-state index in [1.165, 1.54) is 7.05 Å². The second kappa shape index (κ2) is 4.79. The van der Waals surface area contributed by atoms with Crippen molar-refractivity contribution >= 4 is 0 Å². The second-order valence-corrected chi connectivity index (χ2v) is 3.57. The highest BCUT2D eigenvalue weighted by Crippen LogP contribution is 2.51. The normalized spacial score (nSPS) is 20.1. The fourth-order valence-electron chi connectivity index (χ4n) is 1.71. The van der Waals surface area contributed by atoms with Crippen LogP contribution in [0.1, 0.15) is 36.2 Å². The Hall–Kier alpha value is -1.25. The Balaban J connectivity index is 0.000000771. The molecule has 0 aromatic carbocycles. The summed E-state index contributed by atoms with van der Waals surface area (Å²) >= 11 is 0. The molecule has 0 radical (unpaired) electrons. The van der Waals surface area contributed by atoms with Gasteiger partial charge in [0.25, 0.3) is 18.3 Å². The predicted octanol–water partition coefficient (Wildman–Crippen LogP) is 2.90. The maximum absolute atomic E-state index is 13.3. The Morgan fingerprint density at radius 1 is 1.11 bits per heavy atom. The molecule has 0 aliphatic heterocycles. The summed E-state index contributed by atoms with van der Waals surface area (Å²) in [7, 11) is 1.50. The third kappa shape index (κ3) is 2.31. The topological polar surface area (TPSA) is 54.7 Å². The Morgan fingerprint density at radius 2 is 1.61 bits per heavy atom. The summed E-state index contributed by atoms with van der Waals surface area (Å²) in [6, 6.07) is 0. The molecule has 0 fully saturated rings. The van der Waals surface area contributed by atoms with E-state index in [9.17, 15) is 26.3 Å². The largest absolute Gasteiger partial charge is 0.333 e. The van der Waals surface area contributed by atoms with E-state index in [-0.39, 0.29) is 0 Å². The number of aromatic amines is 1. The molecule has 0 amide bonds. The van der Waals surface area contributed by atoms with Crippen LogP contribution in [0.25, 0.3) is 0 Å². The Kier molecular flexibility index (Phi) is 3.94. The van der Waals surface area contributed by atoms with Crippen LogP contribution in [0.5, 0.6) is 0 Å². The van der Waals surface area contributed by atoms with Crippen LogP contribution in [0.4, 0.5) is 26.3 Å². The van der Waals surface area contributed by atoms with E-state index in [0.29, 0.717) is 0 Å². The van der Waals surface area contributed by atoms with Gasteiger partial charge in [0.15, 0.2) is 0 Å². The third-order valence-corrected chi connectivity index (χ3v) is 2.48. The van der Waals surface area contributed by atoms with Gasteiger partial charge in [-0.2, -0.15) is 13.9 Å². The van der Waals surface area contributed by atoms with Crippen LogP contribution in [0.15, 0.2) is 0 Å². The molecule has 1 heterocycles. The number of nitrogens with zero attached hydrogens (tertiary/aromatic N) is 1. The quantitative estimate of drug-likeness (QED) is 0.774. The Morgan fingerprint density at radius 3 is 2.11 bits per heavy atom. The fraction of sp³-hybridized carbons (Fsp3) is 0.667. The van der Waals surface area contributed by atoms with Gasteiger partial charge >= 0.3 is 0 Å². The number of fused-ring (bicyclic) bond motifs is 1. The molecule has 18 heavy (non-hydrogen) atoms. The van der Waals surface area contributed by atoms with Crippen molar-refractivity contribution in [3.8, 4) is 0 Å². The van der Waals surface area contributed by atoms with Crippen molar-refractivity contribution in [3.05, 3.63) is 17.0 Å². The van der Waals surface area contributed by atoms with Gasteiger partial charge in [0.2, 0.25) is 0 Å². The standard InChI is InChI=1S/C8H6F6N2.CH5N/c9-6(10)4-3-5(16-15-4)8(13,14)2-1-7(3,11)12;1-2/h6H,1-2H2,(H,15,16);2H2,1H3. The van der Waals surface area contributed by atoms with Crippen LogP contribution in [0, 0.1) is 0 Å². The first-order valence-electron chi connectivity index (χ1n) is 4.96. The van der Waals surface area contributed by atoms with Gasteiger partial charge in [-0.15, -0.1) is 0 Å². The summed E-state index contributed by atoms with van der Waals surface area (Å²) in [5, 5.41) is 4.46. The summed E-state index contributed by atoms with van der Waals surface area (Å²) in [4.78, 5) is 0. The molecule has 0 saturated heterocycles. The van der Waals surface area contributed by atoms with Gasteiger partial charge < -0.3 is 5.73 Å². The second-order valence-electron chi connectivity index (χ2n) is 3.57. The Labute approximate surface area is 98.4 Å². The van der Waals surface area contributed by atoms with E-state index in [2.05, 4.69) is 10.8 Å². The number of nitrogens with one attached hydrogen (secondary N) is 1. The van der Waals surface area contributed by atoms with Crippen LogP contribution >= 0.6 is 0 Å². The van der Waals surface area contributed by atoms with Crippen molar-refractivity contribution in [1.82, 2.24) is 10.2 Å². The minimum atomic E-state index is -3.68. The van der Waals surface area contributed by atoms with Crippen molar-refractivity contribution in [1.29, 1.82) is 0 Å². The maximum atomic E-state index is 13.3. The summed E-state index contributed by atoms with van der Waals surface area (Å²) in [6.45, 7) is 0. The molecular formula is C9H11F6N3. The molecule has 1 aliphatic rings. The first-order valence-corrected chi connectivity index (χ1v) is 4.96. The monoisotopic (exact) mass is 275 g/mol. The summed E-state index contributed by atoms with van der Waals surface area (Å²) in [5.41, 5.74) is 0.664. The zero-order valence-electron chi connectivity index (χ0n) is 9.28. The fourth-order valence-corrected chi connectivity index (χ4v) is 1.71. The first-order chi connectivity index (χ1) is 8.26. The van der Waals surface area contributed by atoms with Crippen LogP contribution in [-0.2, 0) is 11.8 Å². The maximum Gasteiger partial charge on any atom is 0.292 e. The van der Waals surface area contributed by atoms with Crippen molar-refractivity contribution in [2.75, 3.05) is 7.05 Å². The van der Waals surface area contributed by atoms with E-state index < -0.39 is 48.1 Å². The molecule has 3 nitrogen and oxygen atoms in total. The lowest BCUT2D eigenvalue weighted by Gasteiger charge is -2.27. The molecule has 0 saturated carbocycles. The lowest BCUT2D eigenvalue weighted by Crippen LogP contribution is -2.30. The van der Waals surface area contributed by atoms with Gasteiger partial charge in [-0.25, -0.2) is 17.6 Å². The van der Waals surface area contributed by atoms with Gasteiger partial charge in [-0.3, -0.25) is 5.10 Å². The lowest BCUT2D eigenvalue weighted by molar-refractivity contribution is -0.0990. The molecule has 9 heteroatoms. The Bertz CT molecular complexity index is 414. The molecule has 0 unspecified atom stereocenters. The predicted molar refractivity (Wildman–Crippen MR) is 50.7 cm³/mol.